The van der Waals surface area contributed by atoms with Crippen molar-refractivity contribution in [2.24, 2.45) is 11.8 Å². The smallest absolute Gasteiger partial charge is 0.338 e. The maximum absolute atomic E-state index is 12.1. The summed E-state index contributed by atoms with van der Waals surface area (Å²) in [5.41, 5.74) is 0.512. The van der Waals surface area contributed by atoms with Crippen LogP contribution in [0.15, 0.2) is 30.4 Å². The zero-order valence-electron chi connectivity index (χ0n) is 12.2. The standard InChI is InChI=1S/C17H20O4/c1-12-4-2-3-5-14(12)11-21-17(18)13-6-7-15-16(10-13)20-9-8-19-15/h2-3,6-7,10,12,14H,4-5,8-9,11H2,1H3. The lowest BCUT2D eigenvalue weighted by molar-refractivity contribution is 0.0394. The molecule has 0 radical (unpaired) electrons. The van der Waals surface area contributed by atoms with Crippen LogP contribution in [-0.4, -0.2) is 25.8 Å². The minimum atomic E-state index is -0.297. The highest BCUT2D eigenvalue weighted by atomic mass is 16.6. The number of esters is 1. The van der Waals surface area contributed by atoms with Gasteiger partial charge in [-0.1, -0.05) is 19.1 Å². The van der Waals surface area contributed by atoms with Gasteiger partial charge in [-0.3, -0.25) is 0 Å². The van der Waals surface area contributed by atoms with Gasteiger partial charge >= 0.3 is 5.97 Å². The van der Waals surface area contributed by atoms with Crippen LogP contribution < -0.4 is 9.47 Å². The van der Waals surface area contributed by atoms with E-state index in [1.54, 1.807) is 18.2 Å². The van der Waals surface area contributed by atoms with Gasteiger partial charge in [0, 0.05) is 0 Å². The van der Waals surface area contributed by atoms with Crippen molar-refractivity contribution in [3.8, 4) is 11.5 Å². The van der Waals surface area contributed by atoms with Crippen molar-refractivity contribution in [1.82, 2.24) is 0 Å². The zero-order valence-corrected chi connectivity index (χ0v) is 12.2. The monoisotopic (exact) mass is 288 g/mol. The number of rotatable bonds is 3. The predicted molar refractivity (Wildman–Crippen MR) is 78.7 cm³/mol. The van der Waals surface area contributed by atoms with E-state index in [2.05, 4.69) is 19.1 Å². The first-order valence-corrected chi connectivity index (χ1v) is 7.46. The summed E-state index contributed by atoms with van der Waals surface area (Å²) in [4.78, 5) is 12.1. The van der Waals surface area contributed by atoms with E-state index < -0.39 is 0 Å². The van der Waals surface area contributed by atoms with Crippen molar-refractivity contribution in [1.29, 1.82) is 0 Å². The maximum Gasteiger partial charge on any atom is 0.338 e. The van der Waals surface area contributed by atoms with E-state index in [4.69, 9.17) is 14.2 Å². The quantitative estimate of drug-likeness (QED) is 0.633. The van der Waals surface area contributed by atoms with Crippen molar-refractivity contribution < 1.29 is 19.0 Å². The molecule has 21 heavy (non-hydrogen) atoms. The van der Waals surface area contributed by atoms with E-state index in [9.17, 15) is 4.79 Å². The third-order valence-electron chi connectivity index (χ3n) is 4.12. The number of benzene rings is 1. The molecule has 4 nitrogen and oxygen atoms in total. The summed E-state index contributed by atoms with van der Waals surface area (Å²) in [6, 6.07) is 5.18. The van der Waals surface area contributed by atoms with Crippen LogP contribution in [0.5, 0.6) is 11.5 Å². The third-order valence-corrected chi connectivity index (χ3v) is 4.12. The Hall–Kier alpha value is -1.97. The molecule has 0 spiro atoms. The molecule has 1 aromatic rings. The topological polar surface area (TPSA) is 44.8 Å². The first-order valence-electron chi connectivity index (χ1n) is 7.46. The van der Waals surface area contributed by atoms with Crippen LogP contribution in [0, 0.1) is 11.8 Å². The second-order valence-corrected chi connectivity index (χ2v) is 5.64. The molecule has 2 unspecified atom stereocenters. The van der Waals surface area contributed by atoms with Gasteiger partial charge in [0.05, 0.1) is 12.2 Å². The normalized spacial score (nSPS) is 23.7. The Labute approximate surface area is 124 Å². The van der Waals surface area contributed by atoms with Crippen LogP contribution in [0.2, 0.25) is 0 Å². The van der Waals surface area contributed by atoms with Crippen molar-refractivity contribution >= 4 is 5.97 Å². The number of hydrogen-bond acceptors (Lipinski definition) is 4. The summed E-state index contributed by atoms with van der Waals surface area (Å²) in [5, 5.41) is 0. The number of hydrogen-bond donors (Lipinski definition) is 0. The fourth-order valence-electron chi connectivity index (χ4n) is 2.68. The second kappa shape index (κ2) is 6.20. The van der Waals surface area contributed by atoms with Crippen LogP contribution in [0.3, 0.4) is 0 Å². The highest BCUT2D eigenvalue weighted by Crippen LogP contribution is 2.31. The van der Waals surface area contributed by atoms with Gasteiger partial charge in [0.2, 0.25) is 0 Å². The first-order chi connectivity index (χ1) is 10.2. The minimum Gasteiger partial charge on any atom is -0.486 e. The highest BCUT2D eigenvalue weighted by molar-refractivity contribution is 5.90. The van der Waals surface area contributed by atoms with Gasteiger partial charge in [-0.05, 0) is 42.9 Å². The molecule has 0 bridgehead atoms. The Morgan fingerprint density at radius 3 is 2.76 bits per heavy atom. The Kier molecular flexibility index (Phi) is 4.13. The molecule has 112 valence electrons. The Morgan fingerprint density at radius 2 is 1.95 bits per heavy atom. The molecule has 0 saturated carbocycles. The van der Waals surface area contributed by atoms with E-state index >= 15 is 0 Å². The van der Waals surface area contributed by atoms with Crippen molar-refractivity contribution in [2.45, 2.75) is 19.8 Å². The molecule has 1 heterocycles. The summed E-state index contributed by atoms with van der Waals surface area (Å²) in [7, 11) is 0. The molecule has 0 amide bonds. The van der Waals surface area contributed by atoms with E-state index in [0.29, 0.717) is 48.7 Å². The second-order valence-electron chi connectivity index (χ2n) is 5.64. The summed E-state index contributed by atoms with van der Waals surface area (Å²) in [6.45, 7) is 3.73. The number of allylic oxidation sites excluding steroid dienone is 2. The van der Waals surface area contributed by atoms with E-state index in [1.807, 2.05) is 0 Å². The molecule has 0 N–H and O–H groups in total. The molecule has 2 aliphatic rings. The van der Waals surface area contributed by atoms with Gasteiger partial charge in [-0.25, -0.2) is 4.79 Å². The van der Waals surface area contributed by atoms with E-state index in [0.717, 1.165) is 12.8 Å². The third kappa shape index (κ3) is 3.20. The molecule has 1 aliphatic heterocycles. The first kappa shape index (κ1) is 14.0. The summed E-state index contributed by atoms with van der Waals surface area (Å²) in [6.07, 6.45) is 6.41. The van der Waals surface area contributed by atoms with E-state index in [-0.39, 0.29) is 5.97 Å². The Morgan fingerprint density at radius 1 is 1.19 bits per heavy atom. The lowest BCUT2D eigenvalue weighted by Gasteiger charge is -2.24. The number of fused-ring (bicyclic) bond motifs is 1. The Bertz CT molecular complexity index is 550. The molecule has 1 aliphatic carbocycles. The zero-order chi connectivity index (χ0) is 14.7. The number of ether oxygens (including phenoxy) is 3. The molecule has 0 aromatic heterocycles. The fourth-order valence-corrected chi connectivity index (χ4v) is 2.68. The maximum atomic E-state index is 12.1. The van der Waals surface area contributed by atoms with Crippen LogP contribution in [-0.2, 0) is 4.74 Å². The minimum absolute atomic E-state index is 0.297. The van der Waals surface area contributed by atoms with Crippen molar-refractivity contribution in [3.05, 3.63) is 35.9 Å². The molecule has 1 aromatic carbocycles. The molecule has 4 heteroatoms. The van der Waals surface area contributed by atoms with Gasteiger partial charge in [-0.15, -0.1) is 0 Å². The SMILES string of the molecule is CC1CC=CCC1COC(=O)c1ccc2c(c1)OCCO2. The summed E-state index contributed by atoms with van der Waals surface area (Å²) >= 11 is 0. The molecular weight excluding hydrogens is 268 g/mol. The predicted octanol–water partition coefficient (Wildman–Crippen LogP) is 3.22. The van der Waals surface area contributed by atoms with Crippen molar-refractivity contribution in [3.63, 3.8) is 0 Å². The number of carbonyl (C=O) groups excluding carboxylic acids is 1. The molecule has 3 rings (SSSR count). The van der Waals surface area contributed by atoms with Gasteiger partial charge in [-0.2, -0.15) is 0 Å². The van der Waals surface area contributed by atoms with Gasteiger partial charge in [0.1, 0.15) is 13.2 Å². The summed E-state index contributed by atoms with van der Waals surface area (Å²) in [5.74, 6) is 1.97. The van der Waals surface area contributed by atoms with Gasteiger partial charge in [0.25, 0.3) is 0 Å². The molecule has 0 saturated heterocycles. The van der Waals surface area contributed by atoms with Crippen LogP contribution in [0.25, 0.3) is 0 Å². The van der Waals surface area contributed by atoms with Gasteiger partial charge < -0.3 is 14.2 Å². The van der Waals surface area contributed by atoms with Crippen LogP contribution in [0.1, 0.15) is 30.1 Å². The van der Waals surface area contributed by atoms with E-state index in [1.165, 1.54) is 0 Å². The van der Waals surface area contributed by atoms with Crippen LogP contribution >= 0.6 is 0 Å². The highest BCUT2D eigenvalue weighted by Gasteiger charge is 2.21. The van der Waals surface area contributed by atoms with Gasteiger partial charge in [0.15, 0.2) is 11.5 Å². The fraction of sp³-hybridized carbons (Fsp3) is 0.471. The lowest BCUT2D eigenvalue weighted by atomic mass is 9.85. The molecule has 2 atom stereocenters. The average Bonchev–Trinajstić information content (AvgIpc) is 2.53. The number of carbonyl (C=O) groups is 1. The average molecular weight is 288 g/mol. The van der Waals surface area contributed by atoms with Crippen LogP contribution in [0.4, 0.5) is 0 Å². The molecular formula is C17H20O4. The Balaban J connectivity index is 1.61. The summed E-state index contributed by atoms with van der Waals surface area (Å²) < 4.78 is 16.4. The molecule has 0 fully saturated rings. The largest absolute Gasteiger partial charge is 0.486 e. The van der Waals surface area contributed by atoms with Crippen molar-refractivity contribution in [2.75, 3.05) is 19.8 Å². The lowest BCUT2D eigenvalue weighted by Crippen LogP contribution is -2.22.